The van der Waals surface area contributed by atoms with E-state index in [9.17, 15) is 0 Å². The number of hydrogen-bond acceptors (Lipinski definition) is 4. The highest BCUT2D eigenvalue weighted by Crippen LogP contribution is 2.30. The van der Waals surface area contributed by atoms with E-state index in [1.54, 1.807) is 42.3 Å². The molecule has 1 aromatic rings. The number of hydrazone groups is 1. The van der Waals surface area contributed by atoms with Crippen LogP contribution in [0.4, 0.5) is 0 Å². The molecule has 0 radical (unpaired) electrons. The molecule has 0 saturated carbocycles. The lowest BCUT2D eigenvalue weighted by Crippen LogP contribution is -2.02. The fourth-order valence-electron chi connectivity index (χ4n) is 1.01. The lowest BCUT2D eigenvalue weighted by atomic mass is 10.2. The van der Waals surface area contributed by atoms with Gasteiger partial charge in [-0.3, -0.25) is 4.52 Å². The zero-order chi connectivity index (χ0) is 12.0. The standard InChI is InChI=1S/C10H14N2O2PS/c1-3-11-12(2)15(16)14-10-6-4-9(8-13)5-7-10/h3-7,13H,8H2,1-2H3/q+1. The molecule has 0 aromatic heterocycles. The molecular formula is C10H14N2O2PS+. The van der Waals surface area contributed by atoms with Crippen molar-refractivity contribution in [1.82, 2.24) is 4.78 Å². The first-order valence-corrected chi connectivity index (χ1v) is 6.97. The summed E-state index contributed by atoms with van der Waals surface area (Å²) in [5.74, 6) is 0.691. The van der Waals surface area contributed by atoms with Crippen LogP contribution >= 0.6 is 7.07 Å². The third kappa shape index (κ3) is 3.85. The third-order valence-corrected chi connectivity index (χ3v) is 3.68. The van der Waals surface area contributed by atoms with E-state index in [2.05, 4.69) is 5.10 Å². The maximum absolute atomic E-state index is 8.88. The molecule has 0 aliphatic carbocycles. The van der Waals surface area contributed by atoms with Crippen molar-refractivity contribution in [2.45, 2.75) is 13.5 Å². The van der Waals surface area contributed by atoms with E-state index >= 15 is 0 Å². The van der Waals surface area contributed by atoms with Gasteiger partial charge in [-0.15, -0.1) is 5.10 Å². The van der Waals surface area contributed by atoms with Crippen molar-refractivity contribution < 1.29 is 9.63 Å². The minimum absolute atomic E-state index is 0.0307. The molecule has 0 aliphatic heterocycles. The van der Waals surface area contributed by atoms with Crippen molar-refractivity contribution in [2.75, 3.05) is 7.05 Å². The molecular weight excluding hydrogens is 243 g/mol. The zero-order valence-electron chi connectivity index (χ0n) is 9.20. The quantitative estimate of drug-likeness (QED) is 0.499. The van der Waals surface area contributed by atoms with Gasteiger partial charge < -0.3 is 5.11 Å². The van der Waals surface area contributed by atoms with E-state index in [1.807, 2.05) is 6.92 Å². The summed E-state index contributed by atoms with van der Waals surface area (Å²) in [4.78, 5) is 0. The van der Waals surface area contributed by atoms with Crippen molar-refractivity contribution in [3.63, 3.8) is 0 Å². The molecule has 1 unspecified atom stereocenters. The Kier molecular flexibility index (Phi) is 5.32. The van der Waals surface area contributed by atoms with Gasteiger partial charge in [-0.05, 0) is 24.6 Å². The molecule has 0 amide bonds. The van der Waals surface area contributed by atoms with Gasteiger partial charge in [0.15, 0.2) is 5.75 Å². The van der Waals surface area contributed by atoms with E-state index in [4.69, 9.17) is 21.4 Å². The van der Waals surface area contributed by atoms with Gasteiger partial charge in [-0.25, -0.2) is 0 Å². The Hall–Kier alpha value is -1.03. The van der Waals surface area contributed by atoms with Gasteiger partial charge in [0.05, 0.1) is 13.7 Å². The largest absolute Gasteiger partial charge is 0.540 e. The molecule has 1 rings (SSSR count). The average Bonchev–Trinajstić information content (AvgIpc) is 2.30. The normalized spacial score (nSPS) is 11.6. The summed E-state index contributed by atoms with van der Waals surface area (Å²) < 4.78 is 7.15. The molecule has 1 atom stereocenters. The monoisotopic (exact) mass is 257 g/mol. The first-order valence-electron chi connectivity index (χ1n) is 4.74. The molecule has 0 bridgehead atoms. The Morgan fingerprint density at radius 3 is 2.62 bits per heavy atom. The number of benzene rings is 1. The molecule has 86 valence electrons. The average molecular weight is 257 g/mol. The summed E-state index contributed by atoms with van der Waals surface area (Å²) in [5, 5.41) is 12.9. The highest BCUT2D eigenvalue weighted by molar-refractivity contribution is 8.02. The van der Waals surface area contributed by atoms with Crippen molar-refractivity contribution in [2.24, 2.45) is 5.10 Å². The summed E-state index contributed by atoms with van der Waals surface area (Å²) >= 11 is 5.17. The van der Waals surface area contributed by atoms with E-state index < -0.39 is 7.07 Å². The van der Waals surface area contributed by atoms with Crippen LogP contribution < -0.4 is 4.52 Å². The van der Waals surface area contributed by atoms with Crippen LogP contribution in [0.5, 0.6) is 5.75 Å². The summed E-state index contributed by atoms with van der Waals surface area (Å²) in [6.07, 6.45) is 1.67. The molecule has 0 spiro atoms. The van der Waals surface area contributed by atoms with Crippen molar-refractivity contribution in [3.05, 3.63) is 29.8 Å². The van der Waals surface area contributed by atoms with E-state index in [0.717, 1.165) is 5.56 Å². The van der Waals surface area contributed by atoms with Crippen molar-refractivity contribution in [1.29, 1.82) is 0 Å². The smallest absolute Gasteiger partial charge is 0.392 e. The summed E-state index contributed by atoms with van der Waals surface area (Å²) in [6, 6.07) is 7.18. The first-order chi connectivity index (χ1) is 7.67. The molecule has 0 aliphatic rings. The van der Waals surface area contributed by atoms with Crippen LogP contribution in [0, 0.1) is 0 Å². The molecule has 16 heavy (non-hydrogen) atoms. The fraction of sp³-hybridized carbons (Fsp3) is 0.300. The molecule has 1 N–H and O–H groups in total. The van der Waals surface area contributed by atoms with Crippen LogP contribution in [0.2, 0.25) is 0 Å². The van der Waals surface area contributed by atoms with Gasteiger partial charge in [-0.1, -0.05) is 16.9 Å². The van der Waals surface area contributed by atoms with E-state index in [-0.39, 0.29) is 6.61 Å². The van der Waals surface area contributed by atoms with Crippen LogP contribution in [0.1, 0.15) is 12.5 Å². The fourth-order valence-corrected chi connectivity index (χ4v) is 2.01. The van der Waals surface area contributed by atoms with Gasteiger partial charge in [0.2, 0.25) is 11.8 Å². The highest BCUT2D eigenvalue weighted by atomic mass is 32.4. The highest BCUT2D eigenvalue weighted by Gasteiger charge is 2.19. The molecule has 1 aromatic carbocycles. The van der Waals surface area contributed by atoms with E-state index in [0.29, 0.717) is 5.75 Å². The minimum atomic E-state index is -1.18. The van der Waals surface area contributed by atoms with Crippen LogP contribution in [0.15, 0.2) is 29.4 Å². The van der Waals surface area contributed by atoms with Gasteiger partial charge in [-0.2, -0.15) is 0 Å². The summed E-state index contributed by atoms with van der Waals surface area (Å²) in [6.45, 7) is 1.86. The van der Waals surface area contributed by atoms with Crippen molar-refractivity contribution in [3.8, 4) is 5.75 Å². The Labute approximate surface area is 101 Å². The number of rotatable bonds is 5. The van der Waals surface area contributed by atoms with Crippen LogP contribution in [-0.4, -0.2) is 23.1 Å². The van der Waals surface area contributed by atoms with Gasteiger partial charge >= 0.3 is 7.07 Å². The van der Waals surface area contributed by atoms with Crippen LogP contribution in [-0.2, 0) is 18.4 Å². The number of aliphatic hydroxyl groups excluding tert-OH is 1. The Morgan fingerprint density at radius 1 is 1.50 bits per heavy atom. The maximum atomic E-state index is 8.88. The van der Waals surface area contributed by atoms with Gasteiger partial charge in [0.1, 0.15) is 0 Å². The number of nitrogens with zero attached hydrogens (tertiary/aromatic N) is 2. The third-order valence-electron chi connectivity index (χ3n) is 1.81. The second-order valence-electron chi connectivity index (χ2n) is 2.99. The Balaban J connectivity index is 2.62. The predicted octanol–water partition coefficient (Wildman–Crippen LogP) is 2.27. The van der Waals surface area contributed by atoms with E-state index in [1.165, 1.54) is 0 Å². The molecule has 6 heteroatoms. The second-order valence-corrected chi connectivity index (χ2v) is 5.17. The van der Waals surface area contributed by atoms with Gasteiger partial charge in [0, 0.05) is 6.21 Å². The molecule has 0 heterocycles. The second kappa shape index (κ2) is 6.53. The van der Waals surface area contributed by atoms with Crippen LogP contribution in [0.3, 0.4) is 0 Å². The molecule has 4 nitrogen and oxygen atoms in total. The SMILES string of the molecule is CC=NN(C)[P+](=S)Oc1ccc(CO)cc1. The lowest BCUT2D eigenvalue weighted by Gasteiger charge is -2.01. The summed E-state index contributed by atoms with van der Waals surface area (Å²) in [7, 11) is 0.597. The maximum Gasteiger partial charge on any atom is 0.540 e. The topological polar surface area (TPSA) is 45.1 Å². The van der Waals surface area contributed by atoms with Crippen LogP contribution in [0.25, 0.3) is 0 Å². The molecule has 0 fully saturated rings. The molecule has 0 saturated heterocycles. The van der Waals surface area contributed by atoms with Crippen molar-refractivity contribution >= 4 is 25.1 Å². The van der Waals surface area contributed by atoms with Gasteiger partial charge in [0.25, 0.3) is 0 Å². The summed E-state index contributed by atoms with van der Waals surface area (Å²) in [5.41, 5.74) is 0.848. The first kappa shape index (κ1) is 13.0. The predicted molar refractivity (Wildman–Crippen MR) is 69.2 cm³/mol. The minimum Gasteiger partial charge on any atom is -0.392 e. The number of hydrogen-bond donors (Lipinski definition) is 1. The lowest BCUT2D eigenvalue weighted by molar-refractivity contribution is 0.282. The Morgan fingerprint density at radius 2 is 2.12 bits per heavy atom. The zero-order valence-corrected chi connectivity index (χ0v) is 10.9. The number of aliphatic hydroxyl groups is 1. The Bertz CT molecular complexity index is 381.